The summed E-state index contributed by atoms with van der Waals surface area (Å²) in [7, 11) is 2.02. The van der Waals surface area contributed by atoms with Crippen LogP contribution in [0.15, 0.2) is 41.5 Å². The number of anilines is 1. The van der Waals surface area contributed by atoms with Gasteiger partial charge in [-0.2, -0.15) is 0 Å². The van der Waals surface area contributed by atoms with Gasteiger partial charge in [0.15, 0.2) is 0 Å². The maximum absolute atomic E-state index is 12.4. The first-order valence-corrected chi connectivity index (χ1v) is 11.0. The minimum absolute atomic E-state index is 0.0509. The Bertz CT molecular complexity index is 1300. The summed E-state index contributed by atoms with van der Waals surface area (Å²) in [5.74, 6) is 0. The van der Waals surface area contributed by atoms with Crippen LogP contribution in [0.25, 0.3) is 16.4 Å². The van der Waals surface area contributed by atoms with E-state index in [9.17, 15) is 4.79 Å². The predicted octanol–water partition coefficient (Wildman–Crippen LogP) is 3.30. The van der Waals surface area contributed by atoms with E-state index in [1.54, 1.807) is 12.1 Å². The normalized spacial score (nSPS) is 16.5. The molecule has 1 fully saturated rings. The third kappa shape index (κ3) is 4.80. The summed E-state index contributed by atoms with van der Waals surface area (Å²) in [6, 6.07) is 7.24. The molecule has 4 heterocycles. The van der Waals surface area contributed by atoms with Gasteiger partial charge in [-0.3, -0.25) is 4.79 Å². The van der Waals surface area contributed by atoms with Gasteiger partial charge in [0, 0.05) is 53.7 Å². The maximum atomic E-state index is 12.4. The Kier molecular flexibility index (Phi) is 6.24. The van der Waals surface area contributed by atoms with Crippen LogP contribution < -0.4 is 11.3 Å². The van der Waals surface area contributed by atoms with E-state index in [4.69, 9.17) is 22.4 Å². The molecule has 1 unspecified atom stereocenters. The molecular formula is C24H28ClN5O2. The zero-order chi connectivity index (χ0) is 23.0. The Hall–Kier alpha value is -2.87. The zero-order valence-electron chi connectivity index (χ0n) is 18.5. The number of nitrogens with one attached hydrogen (secondary N) is 1. The van der Waals surface area contributed by atoms with Crippen LogP contribution in [0.1, 0.15) is 28.9 Å². The molecular weight excluding hydrogens is 426 g/mol. The minimum Gasteiger partial charge on any atom is -0.398 e. The summed E-state index contributed by atoms with van der Waals surface area (Å²) in [5, 5.41) is 10.5. The number of aromatic amines is 1. The quantitative estimate of drug-likeness (QED) is 0.404. The number of likely N-dealkylation sites (N-methyl/N-ethyl adjacent to an activating group) is 1. The van der Waals surface area contributed by atoms with E-state index in [2.05, 4.69) is 41.0 Å². The fourth-order valence-corrected chi connectivity index (χ4v) is 4.21. The fraction of sp³-hybridized carbons (Fsp3) is 0.333. The molecule has 0 radical (unpaired) electrons. The second kappa shape index (κ2) is 8.94. The van der Waals surface area contributed by atoms with Crippen LogP contribution in [0.4, 0.5) is 5.69 Å². The first-order valence-electron chi connectivity index (χ1n) is 10.6. The molecule has 4 aromatic rings. The third-order valence-electron chi connectivity index (χ3n) is 5.86. The van der Waals surface area contributed by atoms with Crippen LogP contribution in [0.2, 0.25) is 5.02 Å². The van der Waals surface area contributed by atoms with Gasteiger partial charge in [-0.05, 0) is 62.7 Å². The highest BCUT2D eigenvalue weighted by molar-refractivity contribution is 6.31. The number of benzene rings is 1. The lowest BCUT2D eigenvalue weighted by molar-refractivity contribution is 0.183. The highest BCUT2D eigenvalue weighted by atomic mass is 35.5. The molecule has 7 nitrogen and oxygen atoms in total. The number of hydrogen-bond acceptors (Lipinski definition) is 5. The van der Waals surface area contributed by atoms with Crippen molar-refractivity contribution < 1.29 is 5.11 Å². The van der Waals surface area contributed by atoms with Crippen molar-refractivity contribution in [1.82, 2.24) is 19.3 Å². The molecule has 8 heteroatoms. The van der Waals surface area contributed by atoms with E-state index < -0.39 is 0 Å². The number of hydrogen-bond donors (Lipinski definition) is 3. The van der Waals surface area contributed by atoms with Gasteiger partial charge in [0.05, 0.1) is 17.2 Å². The number of H-pyrrole nitrogens is 1. The Morgan fingerprint density at radius 3 is 2.62 bits per heavy atom. The van der Waals surface area contributed by atoms with Gasteiger partial charge in [0.25, 0.3) is 5.56 Å². The van der Waals surface area contributed by atoms with E-state index in [1.807, 2.05) is 23.7 Å². The highest BCUT2D eigenvalue weighted by Gasteiger charge is 2.15. The molecule has 1 saturated heterocycles. The van der Waals surface area contributed by atoms with Gasteiger partial charge >= 0.3 is 0 Å². The van der Waals surface area contributed by atoms with E-state index in [1.165, 1.54) is 11.1 Å². The first-order chi connectivity index (χ1) is 15.2. The van der Waals surface area contributed by atoms with Gasteiger partial charge in [-0.25, -0.2) is 4.98 Å². The van der Waals surface area contributed by atoms with Crippen molar-refractivity contribution in [3.05, 3.63) is 74.6 Å². The van der Waals surface area contributed by atoms with Gasteiger partial charge in [-0.1, -0.05) is 11.6 Å². The number of nitrogens with zero attached hydrogens (tertiary/aromatic N) is 3. The highest BCUT2D eigenvalue weighted by Crippen LogP contribution is 2.24. The number of aryl methyl sites for hydroxylation is 2. The summed E-state index contributed by atoms with van der Waals surface area (Å²) in [6.07, 6.45) is 5.47. The molecule has 4 N–H and O–H groups in total. The largest absolute Gasteiger partial charge is 0.398 e. The molecule has 0 saturated carbocycles. The molecule has 168 valence electrons. The number of nitrogens with two attached hydrogens (primary N) is 1. The lowest BCUT2D eigenvalue weighted by atomic mass is 10.1. The second-order valence-electron chi connectivity index (χ2n) is 8.60. The SMILES string of the molecule is CN1CCC(O)C1.Cc1cc2nc(Cc3cc4c(N)cc(Cl)cc4c(=O)[nH]3)cn2cc1C. The summed E-state index contributed by atoms with van der Waals surface area (Å²) >= 11 is 5.99. The van der Waals surface area contributed by atoms with Crippen LogP contribution in [-0.4, -0.2) is 50.6 Å². The Labute approximate surface area is 191 Å². The van der Waals surface area contributed by atoms with Crippen molar-refractivity contribution in [1.29, 1.82) is 0 Å². The number of aliphatic hydroxyl groups excluding tert-OH is 1. The lowest BCUT2D eigenvalue weighted by Crippen LogP contribution is -2.15. The Morgan fingerprint density at radius 1 is 1.19 bits per heavy atom. The molecule has 5 rings (SSSR count). The summed E-state index contributed by atoms with van der Waals surface area (Å²) in [4.78, 5) is 22.0. The molecule has 32 heavy (non-hydrogen) atoms. The Morgan fingerprint density at radius 2 is 1.97 bits per heavy atom. The molecule has 3 aromatic heterocycles. The number of rotatable bonds is 2. The number of nitrogen functional groups attached to an aromatic ring is 1. The van der Waals surface area contributed by atoms with Gasteiger partial charge in [0.1, 0.15) is 5.65 Å². The molecule has 0 spiro atoms. The van der Waals surface area contributed by atoms with Crippen LogP contribution in [-0.2, 0) is 6.42 Å². The van der Waals surface area contributed by atoms with Crippen LogP contribution in [0, 0.1) is 13.8 Å². The minimum atomic E-state index is -0.197. The van der Waals surface area contributed by atoms with E-state index in [0.29, 0.717) is 27.9 Å². The summed E-state index contributed by atoms with van der Waals surface area (Å²) < 4.78 is 2.00. The standard InChI is InChI=1S/C19H17ClN4O.C5H11NO/c1-10-3-18-22-14(9-24(18)8-11(10)2)6-13-7-15-16(19(25)23-13)4-12(20)5-17(15)21;1-6-3-2-5(7)4-6/h3-5,7-9H,6,21H2,1-2H3,(H,23,25);5,7H,2-4H2,1H3. The Balaban J connectivity index is 0.000000300. The van der Waals surface area contributed by atoms with Crippen molar-refractivity contribution in [3.63, 3.8) is 0 Å². The molecule has 0 bridgehead atoms. The number of fused-ring (bicyclic) bond motifs is 2. The number of aromatic nitrogens is 3. The van der Waals surface area contributed by atoms with E-state index in [0.717, 1.165) is 36.5 Å². The zero-order valence-corrected chi connectivity index (χ0v) is 19.3. The van der Waals surface area contributed by atoms with Crippen molar-refractivity contribution in [2.45, 2.75) is 32.8 Å². The number of pyridine rings is 2. The van der Waals surface area contributed by atoms with E-state index >= 15 is 0 Å². The fourth-order valence-electron chi connectivity index (χ4n) is 3.99. The number of likely N-dealkylation sites (tertiary alicyclic amines) is 1. The van der Waals surface area contributed by atoms with Crippen molar-refractivity contribution >= 4 is 33.7 Å². The van der Waals surface area contributed by atoms with Crippen molar-refractivity contribution in [2.75, 3.05) is 25.9 Å². The lowest BCUT2D eigenvalue weighted by Gasteiger charge is -2.05. The third-order valence-corrected chi connectivity index (χ3v) is 6.08. The van der Waals surface area contributed by atoms with Crippen LogP contribution in [0.5, 0.6) is 0 Å². The predicted molar refractivity (Wildman–Crippen MR) is 130 cm³/mol. The van der Waals surface area contributed by atoms with Gasteiger partial charge in [-0.15, -0.1) is 0 Å². The van der Waals surface area contributed by atoms with Gasteiger partial charge < -0.3 is 25.1 Å². The smallest absolute Gasteiger partial charge is 0.256 e. The summed E-state index contributed by atoms with van der Waals surface area (Å²) in [5.41, 5.74) is 11.3. The summed E-state index contributed by atoms with van der Waals surface area (Å²) in [6.45, 7) is 6.06. The van der Waals surface area contributed by atoms with Crippen LogP contribution >= 0.6 is 11.6 Å². The van der Waals surface area contributed by atoms with Gasteiger partial charge in [0.2, 0.25) is 0 Å². The number of imidazole rings is 1. The maximum Gasteiger partial charge on any atom is 0.256 e. The molecule has 0 amide bonds. The van der Waals surface area contributed by atoms with Crippen molar-refractivity contribution in [3.8, 4) is 0 Å². The average molecular weight is 454 g/mol. The van der Waals surface area contributed by atoms with Crippen LogP contribution in [0.3, 0.4) is 0 Å². The number of halogens is 1. The van der Waals surface area contributed by atoms with E-state index in [-0.39, 0.29) is 11.7 Å². The topological polar surface area (TPSA) is 99.6 Å². The second-order valence-corrected chi connectivity index (χ2v) is 9.04. The number of aliphatic hydroxyl groups is 1. The molecule has 1 aliphatic rings. The average Bonchev–Trinajstić information content (AvgIpc) is 3.28. The monoisotopic (exact) mass is 453 g/mol. The van der Waals surface area contributed by atoms with Crippen molar-refractivity contribution in [2.24, 2.45) is 0 Å². The molecule has 1 aromatic carbocycles. The number of β-amino-alcohol motifs (C(OH)–C–C–N with tert-alkyl or cyclic N) is 1. The molecule has 1 atom stereocenters. The molecule has 0 aliphatic carbocycles. The first kappa shape index (κ1) is 22.3. The molecule has 1 aliphatic heterocycles.